The van der Waals surface area contributed by atoms with Gasteiger partial charge in [0.15, 0.2) is 0 Å². The van der Waals surface area contributed by atoms with E-state index in [4.69, 9.17) is 9.72 Å². The predicted molar refractivity (Wildman–Crippen MR) is 127 cm³/mol. The second-order valence-corrected chi connectivity index (χ2v) is 7.92. The summed E-state index contributed by atoms with van der Waals surface area (Å²) < 4.78 is 5.46. The van der Waals surface area contributed by atoms with Crippen molar-refractivity contribution in [3.05, 3.63) is 71.4 Å². The van der Waals surface area contributed by atoms with Gasteiger partial charge in [0.2, 0.25) is 5.95 Å². The first-order valence-corrected chi connectivity index (χ1v) is 11.0. The average molecular weight is 432 g/mol. The molecule has 7 nitrogen and oxygen atoms in total. The van der Waals surface area contributed by atoms with Crippen molar-refractivity contribution in [2.75, 3.05) is 43.0 Å². The van der Waals surface area contributed by atoms with E-state index >= 15 is 0 Å². The van der Waals surface area contributed by atoms with E-state index in [-0.39, 0.29) is 5.91 Å². The Kier molecular flexibility index (Phi) is 6.54. The largest absolute Gasteiger partial charge is 0.494 e. The van der Waals surface area contributed by atoms with Crippen LogP contribution in [0.5, 0.6) is 5.75 Å². The first-order valence-electron chi connectivity index (χ1n) is 11.0. The molecule has 0 bridgehead atoms. The van der Waals surface area contributed by atoms with E-state index in [1.54, 1.807) is 0 Å². The van der Waals surface area contributed by atoms with Crippen LogP contribution in [0.2, 0.25) is 0 Å². The lowest BCUT2D eigenvalue weighted by molar-refractivity contribution is 0.0746. The van der Waals surface area contributed by atoms with Crippen molar-refractivity contribution in [1.82, 2.24) is 14.9 Å². The van der Waals surface area contributed by atoms with Crippen molar-refractivity contribution in [1.29, 1.82) is 0 Å². The van der Waals surface area contributed by atoms with Crippen molar-refractivity contribution >= 4 is 23.4 Å². The van der Waals surface area contributed by atoms with Gasteiger partial charge in [0, 0.05) is 49.2 Å². The average Bonchev–Trinajstić information content (AvgIpc) is 2.81. The van der Waals surface area contributed by atoms with Gasteiger partial charge in [-0.25, -0.2) is 4.98 Å². The number of amides is 1. The van der Waals surface area contributed by atoms with Gasteiger partial charge in [-0.15, -0.1) is 0 Å². The molecule has 4 rings (SSSR count). The number of carbonyl (C=O) groups is 1. The quantitative estimate of drug-likeness (QED) is 0.631. The fourth-order valence-electron chi connectivity index (χ4n) is 3.70. The molecule has 7 heteroatoms. The summed E-state index contributed by atoms with van der Waals surface area (Å²) in [7, 11) is 0. The molecule has 1 N–H and O–H groups in total. The maximum Gasteiger partial charge on any atom is 0.253 e. The number of anilines is 3. The number of piperazine rings is 1. The molecule has 1 aromatic heterocycles. The van der Waals surface area contributed by atoms with Gasteiger partial charge in [-0.05, 0) is 57.2 Å². The van der Waals surface area contributed by atoms with Crippen LogP contribution in [0.3, 0.4) is 0 Å². The summed E-state index contributed by atoms with van der Waals surface area (Å²) in [5.74, 6) is 2.28. The molecule has 0 unspecified atom stereocenters. The fourth-order valence-corrected chi connectivity index (χ4v) is 3.70. The van der Waals surface area contributed by atoms with Crippen LogP contribution >= 0.6 is 0 Å². The molecule has 1 fully saturated rings. The third-order valence-electron chi connectivity index (χ3n) is 5.43. The summed E-state index contributed by atoms with van der Waals surface area (Å²) in [4.78, 5) is 26.2. The maximum atomic E-state index is 12.9. The summed E-state index contributed by atoms with van der Waals surface area (Å²) in [5.41, 5.74) is 3.79. The molecule has 0 spiro atoms. The van der Waals surface area contributed by atoms with E-state index < -0.39 is 0 Å². The lowest BCUT2D eigenvalue weighted by Gasteiger charge is -2.35. The number of ether oxygens (including phenoxy) is 1. The Hall–Kier alpha value is -3.61. The number of nitrogens with zero attached hydrogens (tertiary/aromatic N) is 4. The normalized spacial score (nSPS) is 13.7. The number of hydrogen-bond donors (Lipinski definition) is 1. The summed E-state index contributed by atoms with van der Waals surface area (Å²) >= 11 is 0. The van der Waals surface area contributed by atoms with Crippen LogP contribution in [-0.4, -0.2) is 53.6 Å². The molecule has 0 radical (unpaired) electrons. The van der Waals surface area contributed by atoms with Crippen LogP contribution in [0, 0.1) is 13.8 Å². The van der Waals surface area contributed by atoms with Crippen LogP contribution in [0.4, 0.5) is 17.5 Å². The molecule has 1 saturated heterocycles. The molecule has 32 heavy (non-hydrogen) atoms. The number of nitrogens with one attached hydrogen (secondary N) is 1. The van der Waals surface area contributed by atoms with E-state index in [2.05, 4.69) is 34.3 Å². The van der Waals surface area contributed by atoms with Crippen LogP contribution in [-0.2, 0) is 0 Å². The molecule has 166 valence electrons. The van der Waals surface area contributed by atoms with E-state index in [1.807, 2.05) is 61.2 Å². The molecule has 2 heterocycles. The zero-order valence-electron chi connectivity index (χ0n) is 18.8. The van der Waals surface area contributed by atoms with Crippen molar-refractivity contribution in [2.24, 2.45) is 0 Å². The minimum absolute atomic E-state index is 0.0413. The highest BCUT2D eigenvalue weighted by Gasteiger charge is 2.24. The van der Waals surface area contributed by atoms with Crippen molar-refractivity contribution < 1.29 is 9.53 Å². The van der Waals surface area contributed by atoms with Crippen molar-refractivity contribution in [2.45, 2.75) is 20.8 Å². The van der Waals surface area contributed by atoms with Gasteiger partial charge in [0.1, 0.15) is 11.6 Å². The van der Waals surface area contributed by atoms with Gasteiger partial charge in [-0.2, -0.15) is 4.98 Å². The Labute approximate surface area is 189 Å². The topological polar surface area (TPSA) is 70.6 Å². The number of hydrogen-bond acceptors (Lipinski definition) is 6. The SMILES string of the molecule is CCOc1ccc(C(=O)N2CCN(c3nc(C)cc(Nc4ccc(C)cc4)n3)CC2)cc1. The second kappa shape index (κ2) is 9.68. The van der Waals surface area contributed by atoms with Crippen LogP contribution in [0.15, 0.2) is 54.6 Å². The molecule has 1 aliphatic rings. The Morgan fingerprint density at radius 3 is 2.31 bits per heavy atom. The van der Waals surface area contributed by atoms with Gasteiger partial charge in [-0.3, -0.25) is 4.79 Å². The minimum Gasteiger partial charge on any atom is -0.494 e. The standard InChI is InChI=1S/C25H29N5O2/c1-4-32-22-11-7-20(8-12-22)24(31)29-13-15-30(16-14-29)25-26-19(3)17-23(28-25)27-21-9-5-18(2)6-10-21/h5-12,17H,4,13-16H2,1-3H3,(H,26,27,28). The number of benzene rings is 2. The zero-order chi connectivity index (χ0) is 22.5. The second-order valence-electron chi connectivity index (χ2n) is 7.92. The Bertz CT molecular complexity index is 1060. The van der Waals surface area contributed by atoms with Gasteiger partial charge in [0.05, 0.1) is 6.61 Å². The summed E-state index contributed by atoms with van der Waals surface area (Å²) in [6.45, 7) is 9.23. The zero-order valence-corrected chi connectivity index (χ0v) is 18.8. The molecule has 1 aliphatic heterocycles. The maximum absolute atomic E-state index is 12.9. The highest BCUT2D eigenvalue weighted by atomic mass is 16.5. The third kappa shape index (κ3) is 5.17. The molecule has 3 aromatic rings. The monoisotopic (exact) mass is 431 g/mol. The first kappa shape index (κ1) is 21.6. The van der Waals surface area contributed by atoms with E-state index in [9.17, 15) is 4.79 Å². The highest BCUT2D eigenvalue weighted by Crippen LogP contribution is 2.21. The summed E-state index contributed by atoms with van der Waals surface area (Å²) in [6.07, 6.45) is 0. The predicted octanol–water partition coefficient (Wildman–Crippen LogP) is 4.20. The fraction of sp³-hybridized carbons (Fsp3) is 0.320. The lowest BCUT2D eigenvalue weighted by Crippen LogP contribution is -2.49. The number of rotatable bonds is 6. The smallest absolute Gasteiger partial charge is 0.253 e. The van der Waals surface area contributed by atoms with Crippen LogP contribution in [0.25, 0.3) is 0 Å². The number of aromatic nitrogens is 2. The molecule has 0 aliphatic carbocycles. The lowest BCUT2D eigenvalue weighted by atomic mass is 10.1. The van der Waals surface area contributed by atoms with Crippen LogP contribution in [0.1, 0.15) is 28.5 Å². The molecule has 1 amide bonds. The Morgan fingerprint density at radius 2 is 1.66 bits per heavy atom. The number of aryl methyl sites for hydroxylation is 2. The Balaban J connectivity index is 1.39. The number of carbonyl (C=O) groups excluding carboxylic acids is 1. The van der Waals surface area contributed by atoms with Crippen LogP contribution < -0.4 is 15.0 Å². The van der Waals surface area contributed by atoms with E-state index in [1.165, 1.54) is 5.56 Å². The molecule has 0 atom stereocenters. The Morgan fingerprint density at radius 1 is 0.969 bits per heavy atom. The molecular formula is C25H29N5O2. The van der Waals surface area contributed by atoms with Gasteiger partial charge >= 0.3 is 0 Å². The summed E-state index contributed by atoms with van der Waals surface area (Å²) in [5, 5.41) is 3.36. The molecule has 0 saturated carbocycles. The molecular weight excluding hydrogens is 402 g/mol. The highest BCUT2D eigenvalue weighted by molar-refractivity contribution is 5.94. The minimum atomic E-state index is 0.0413. The summed E-state index contributed by atoms with van der Waals surface area (Å²) in [6, 6.07) is 17.5. The third-order valence-corrected chi connectivity index (χ3v) is 5.43. The van der Waals surface area contributed by atoms with Gasteiger partial charge in [-0.1, -0.05) is 17.7 Å². The van der Waals surface area contributed by atoms with Gasteiger partial charge < -0.3 is 19.9 Å². The van der Waals surface area contributed by atoms with Crippen molar-refractivity contribution in [3.8, 4) is 5.75 Å². The van der Waals surface area contributed by atoms with E-state index in [0.717, 1.165) is 22.9 Å². The first-order chi connectivity index (χ1) is 15.5. The molecule has 2 aromatic carbocycles. The van der Waals surface area contributed by atoms with Gasteiger partial charge in [0.25, 0.3) is 5.91 Å². The van der Waals surface area contributed by atoms with E-state index in [0.29, 0.717) is 44.3 Å². The van der Waals surface area contributed by atoms with Crippen molar-refractivity contribution in [3.63, 3.8) is 0 Å².